The number of benzene rings is 1. The molecule has 0 amide bonds. The van der Waals surface area contributed by atoms with Crippen LogP contribution in [0.2, 0.25) is 0 Å². The van der Waals surface area contributed by atoms with Crippen LogP contribution in [0.15, 0.2) is 18.2 Å². The Kier molecular flexibility index (Phi) is 6.04. The van der Waals surface area contributed by atoms with Crippen LogP contribution in [0.4, 0.5) is 4.39 Å². The minimum atomic E-state index is -0.471. The maximum absolute atomic E-state index is 12.9. The molecule has 2 atom stereocenters. The third-order valence-electron chi connectivity index (χ3n) is 2.84. The Bertz CT molecular complexity index is 373. The molecule has 0 aliphatic carbocycles. The molecule has 0 heterocycles. The standard InChI is InChI=1S/C13H20FNO3/c1-9(15-11(8-16)5-6-18-2)12-4-3-10(14)7-13(12)17/h3-4,7,9,11,15-17H,5-6,8H2,1-2H3. The number of hydrogen-bond acceptors (Lipinski definition) is 4. The summed E-state index contributed by atoms with van der Waals surface area (Å²) in [5, 5.41) is 22.0. The maximum atomic E-state index is 12.9. The fourth-order valence-corrected chi connectivity index (χ4v) is 1.81. The van der Waals surface area contributed by atoms with Crippen molar-refractivity contribution >= 4 is 0 Å². The number of aliphatic hydroxyl groups excluding tert-OH is 1. The average molecular weight is 257 g/mol. The van der Waals surface area contributed by atoms with Crippen molar-refractivity contribution in [3.05, 3.63) is 29.6 Å². The van der Waals surface area contributed by atoms with Gasteiger partial charge in [-0.1, -0.05) is 6.07 Å². The number of halogens is 1. The summed E-state index contributed by atoms with van der Waals surface area (Å²) >= 11 is 0. The van der Waals surface area contributed by atoms with Gasteiger partial charge in [-0.2, -0.15) is 0 Å². The minimum absolute atomic E-state index is 0.0182. The normalized spacial score (nSPS) is 14.4. The van der Waals surface area contributed by atoms with Crippen molar-refractivity contribution in [3.8, 4) is 5.75 Å². The molecule has 102 valence electrons. The Balaban J connectivity index is 2.65. The molecule has 0 aliphatic rings. The summed E-state index contributed by atoms with van der Waals surface area (Å²) in [7, 11) is 1.60. The van der Waals surface area contributed by atoms with Crippen LogP contribution in [0.1, 0.15) is 24.9 Å². The van der Waals surface area contributed by atoms with Gasteiger partial charge in [0.15, 0.2) is 0 Å². The SMILES string of the molecule is COCCC(CO)NC(C)c1ccc(F)cc1O. The van der Waals surface area contributed by atoms with Crippen molar-refractivity contribution in [3.63, 3.8) is 0 Å². The van der Waals surface area contributed by atoms with E-state index in [1.54, 1.807) is 7.11 Å². The van der Waals surface area contributed by atoms with E-state index >= 15 is 0 Å². The molecule has 0 saturated heterocycles. The van der Waals surface area contributed by atoms with Crippen molar-refractivity contribution in [2.45, 2.75) is 25.4 Å². The molecule has 0 saturated carbocycles. The number of methoxy groups -OCH3 is 1. The predicted molar refractivity (Wildman–Crippen MR) is 67.0 cm³/mol. The van der Waals surface area contributed by atoms with Crippen molar-refractivity contribution in [1.29, 1.82) is 0 Å². The number of rotatable bonds is 7. The van der Waals surface area contributed by atoms with E-state index in [0.29, 0.717) is 18.6 Å². The third-order valence-corrected chi connectivity index (χ3v) is 2.84. The van der Waals surface area contributed by atoms with Gasteiger partial charge in [-0.25, -0.2) is 4.39 Å². The van der Waals surface area contributed by atoms with E-state index in [9.17, 15) is 14.6 Å². The van der Waals surface area contributed by atoms with Crippen LogP contribution in [-0.2, 0) is 4.74 Å². The zero-order valence-electron chi connectivity index (χ0n) is 10.7. The third kappa shape index (κ3) is 4.25. The van der Waals surface area contributed by atoms with Crippen LogP contribution in [-0.4, -0.2) is 36.6 Å². The van der Waals surface area contributed by atoms with Gasteiger partial charge in [0.2, 0.25) is 0 Å². The lowest BCUT2D eigenvalue weighted by Gasteiger charge is -2.22. The van der Waals surface area contributed by atoms with Gasteiger partial charge in [-0.3, -0.25) is 0 Å². The first-order chi connectivity index (χ1) is 8.58. The summed E-state index contributed by atoms with van der Waals surface area (Å²) in [5.41, 5.74) is 0.604. The quantitative estimate of drug-likeness (QED) is 0.694. The Morgan fingerprint density at radius 1 is 1.44 bits per heavy atom. The summed E-state index contributed by atoms with van der Waals surface area (Å²) in [5.74, 6) is -0.556. The fourth-order valence-electron chi connectivity index (χ4n) is 1.81. The monoisotopic (exact) mass is 257 g/mol. The highest BCUT2D eigenvalue weighted by Gasteiger charge is 2.15. The highest BCUT2D eigenvalue weighted by Crippen LogP contribution is 2.25. The molecule has 5 heteroatoms. The van der Waals surface area contributed by atoms with Gasteiger partial charge in [0, 0.05) is 37.4 Å². The van der Waals surface area contributed by atoms with Gasteiger partial charge >= 0.3 is 0 Å². The summed E-state index contributed by atoms with van der Waals surface area (Å²) < 4.78 is 17.8. The molecule has 0 aromatic heterocycles. The van der Waals surface area contributed by atoms with Gasteiger partial charge in [-0.05, 0) is 19.4 Å². The summed E-state index contributed by atoms with van der Waals surface area (Å²) in [6, 6.07) is 3.61. The maximum Gasteiger partial charge on any atom is 0.126 e. The van der Waals surface area contributed by atoms with Crippen LogP contribution in [0, 0.1) is 5.82 Å². The van der Waals surface area contributed by atoms with Gasteiger partial charge in [-0.15, -0.1) is 0 Å². The lowest BCUT2D eigenvalue weighted by Crippen LogP contribution is -2.35. The van der Waals surface area contributed by atoms with Crippen molar-refractivity contribution in [2.75, 3.05) is 20.3 Å². The second-order valence-corrected chi connectivity index (χ2v) is 4.25. The molecular weight excluding hydrogens is 237 g/mol. The zero-order valence-corrected chi connectivity index (χ0v) is 10.7. The van der Waals surface area contributed by atoms with Crippen LogP contribution >= 0.6 is 0 Å². The largest absolute Gasteiger partial charge is 0.508 e. The molecule has 4 nitrogen and oxygen atoms in total. The second-order valence-electron chi connectivity index (χ2n) is 4.25. The summed E-state index contributed by atoms with van der Waals surface area (Å²) in [4.78, 5) is 0. The van der Waals surface area contributed by atoms with Gasteiger partial charge in [0.05, 0.1) is 6.61 Å². The Morgan fingerprint density at radius 3 is 2.72 bits per heavy atom. The van der Waals surface area contributed by atoms with E-state index in [1.165, 1.54) is 12.1 Å². The molecule has 1 aromatic rings. The van der Waals surface area contributed by atoms with E-state index in [1.807, 2.05) is 6.92 Å². The highest BCUT2D eigenvalue weighted by atomic mass is 19.1. The van der Waals surface area contributed by atoms with Crippen molar-refractivity contribution in [1.82, 2.24) is 5.32 Å². The number of aliphatic hydroxyl groups is 1. The first kappa shape index (κ1) is 14.9. The molecule has 3 N–H and O–H groups in total. The van der Waals surface area contributed by atoms with Crippen LogP contribution < -0.4 is 5.32 Å². The topological polar surface area (TPSA) is 61.7 Å². The molecule has 0 aliphatic heterocycles. The van der Waals surface area contributed by atoms with Gasteiger partial charge in [0.25, 0.3) is 0 Å². The minimum Gasteiger partial charge on any atom is -0.508 e. The molecule has 0 spiro atoms. The molecular formula is C13H20FNO3. The van der Waals surface area contributed by atoms with Crippen LogP contribution in [0.3, 0.4) is 0 Å². The highest BCUT2D eigenvalue weighted by molar-refractivity contribution is 5.34. The van der Waals surface area contributed by atoms with E-state index in [2.05, 4.69) is 5.32 Å². The fraction of sp³-hybridized carbons (Fsp3) is 0.538. The van der Waals surface area contributed by atoms with E-state index in [4.69, 9.17) is 4.74 Å². The smallest absolute Gasteiger partial charge is 0.126 e. The van der Waals surface area contributed by atoms with Crippen molar-refractivity contribution < 1.29 is 19.3 Å². The molecule has 1 rings (SSSR count). The number of aromatic hydroxyl groups is 1. The van der Waals surface area contributed by atoms with Crippen LogP contribution in [0.5, 0.6) is 5.75 Å². The molecule has 0 radical (unpaired) electrons. The average Bonchev–Trinajstić information content (AvgIpc) is 2.34. The zero-order chi connectivity index (χ0) is 13.5. The van der Waals surface area contributed by atoms with Crippen LogP contribution in [0.25, 0.3) is 0 Å². The van der Waals surface area contributed by atoms with E-state index in [0.717, 1.165) is 6.07 Å². The van der Waals surface area contributed by atoms with Crippen molar-refractivity contribution in [2.24, 2.45) is 0 Å². The number of hydrogen-bond donors (Lipinski definition) is 3. The second kappa shape index (κ2) is 7.31. The number of nitrogens with one attached hydrogen (secondary N) is 1. The Morgan fingerprint density at radius 2 is 2.17 bits per heavy atom. The number of phenols is 1. The molecule has 0 fully saturated rings. The number of ether oxygens (including phenoxy) is 1. The lowest BCUT2D eigenvalue weighted by molar-refractivity contribution is 0.155. The van der Waals surface area contributed by atoms with Gasteiger partial charge in [0.1, 0.15) is 11.6 Å². The first-order valence-electron chi connectivity index (χ1n) is 5.92. The van der Waals surface area contributed by atoms with E-state index < -0.39 is 5.82 Å². The predicted octanol–water partition coefficient (Wildman–Crippen LogP) is 1.58. The van der Waals surface area contributed by atoms with E-state index in [-0.39, 0.29) is 24.4 Å². The molecule has 1 aromatic carbocycles. The molecule has 0 bridgehead atoms. The number of phenolic OH excluding ortho intramolecular Hbond substituents is 1. The summed E-state index contributed by atoms with van der Waals surface area (Å²) in [6.45, 7) is 2.37. The summed E-state index contributed by atoms with van der Waals surface area (Å²) in [6.07, 6.45) is 0.666. The Labute approximate surface area is 106 Å². The van der Waals surface area contributed by atoms with Gasteiger partial charge < -0.3 is 20.3 Å². The molecule has 18 heavy (non-hydrogen) atoms. The lowest BCUT2D eigenvalue weighted by atomic mass is 10.1. The first-order valence-corrected chi connectivity index (χ1v) is 5.92. The molecule has 2 unspecified atom stereocenters. The Hall–Kier alpha value is -1.17.